The van der Waals surface area contributed by atoms with Crippen LogP contribution in [0.4, 0.5) is 5.82 Å². The van der Waals surface area contributed by atoms with Crippen molar-refractivity contribution in [1.29, 1.82) is 5.26 Å². The molecule has 4 heterocycles. The topological polar surface area (TPSA) is 122 Å². The van der Waals surface area contributed by atoms with Crippen LogP contribution in [-0.2, 0) is 0 Å². The summed E-state index contributed by atoms with van der Waals surface area (Å²) in [7, 11) is 1.71. The third-order valence-electron chi connectivity index (χ3n) is 7.77. The predicted octanol–water partition coefficient (Wildman–Crippen LogP) is 2.58. The smallest absolute Gasteiger partial charge is 0.128 e. The minimum absolute atomic E-state index is 0.0573. The summed E-state index contributed by atoms with van der Waals surface area (Å²) >= 11 is 0. The van der Waals surface area contributed by atoms with Crippen molar-refractivity contribution >= 4 is 23.1 Å². The van der Waals surface area contributed by atoms with Crippen molar-refractivity contribution in [1.82, 2.24) is 14.6 Å². The SMILES string of the molecule is CN=CC(=CN)c1cc(-c2ccc(N3C[C@H]4C[C@@H]5C3C[C@]5(N)C4)nc2)c2c(C#N)cnn2c1. The number of aliphatic imine (C=N–C) groups is 1. The molecule has 0 amide bonds. The molecule has 0 radical (unpaired) electrons. The van der Waals surface area contributed by atoms with Crippen molar-refractivity contribution in [2.45, 2.75) is 30.8 Å². The molecule has 3 fully saturated rings. The molecule has 3 aliphatic rings. The van der Waals surface area contributed by atoms with E-state index in [2.05, 4.69) is 33.2 Å². The summed E-state index contributed by atoms with van der Waals surface area (Å²) in [5.41, 5.74) is 17.2. The van der Waals surface area contributed by atoms with E-state index in [9.17, 15) is 5.26 Å². The molecular weight excluding hydrogens is 412 g/mol. The lowest BCUT2D eigenvalue weighted by Gasteiger charge is -2.54. The number of allylic oxidation sites excluding steroid dienone is 1. The highest BCUT2D eigenvalue weighted by Gasteiger charge is 2.62. The number of fused-ring (bicyclic) bond motifs is 2. The van der Waals surface area contributed by atoms with Gasteiger partial charge in [0.2, 0.25) is 0 Å². The van der Waals surface area contributed by atoms with Gasteiger partial charge in [0.05, 0.1) is 17.3 Å². The molecule has 6 rings (SSSR count). The Hall–Kier alpha value is -3.70. The molecule has 3 aromatic rings. The first-order valence-electron chi connectivity index (χ1n) is 11.3. The molecule has 33 heavy (non-hydrogen) atoms. The predicted molar refractivity (Wildman–Crippen MR) is 129 cm³/mol. The van der Waals surface area contributed by atoms with Gasteiger partial charge in [0.15, 0.2) is 0 Å². The number of hydrogen-bond acceptors (Lipinski definition) is 7. The Balaban J connectivity index is 1.41. The van der Waals surface area contributed by atoms with E-state index in [4.69, 9.17) is 16.5 Å². The van der Waals surface area contributed by atoms with Gasteiger partial charge in [0.25, 0.3) is 0 Å². The Morgan fingerprint density at radius 2 is 2.21 bits per heavy atom. The molecule has 4 N–H and O–H groups in total. The Kier molecular flexibility index (Phi) is 4.32. The third kappa shape index (κ3) is 2.89. The largest absolute Gasteiger partial charge is 0.404 e. The van der Waals surface area contributed by atoms with Crippen LogP contribution in [0.2, 0.25) is 0 Å². The molecule has 0 spiro atoms. The number of piperidine rings is 1. The zero-order chi connectivity index (χ0) is 22.7. The Labute approximate surface area is 192 Å². The van der Waals surface area contributed by atoms with Gasteiger partial charge in [-0.25, -0.2) is 9.50 Å². The number of nitrogens with zero attached hydrogens (tertiary/aromatic N) is 6. The second-order valence-corrected chi connectivity index (χ2v) is 9.59. The zero-order valence-corrected chi connectivity index (χ0v) is 18.5. The summed E-state index contributed by atoms with van der Waals surface area (Å²) in [6.45, 7) is 1.04. The van der Waals surface area contributed by atoms with Crippen LogP contribution < -0.4 is 16.4 Å². The molecular formula is C25H26N8. The fourth-order valence-electron chi connectivity index (χ4n) is 6.30. The average molecular weight is 439 g/mol. The zero-order valence-electron chi connectivity index (χ0n) is 18.5. The number of hydrogen-bond donors (Lipinski definition) is 2. The van der Waals surface area contributed by atoms with E-state index < -0.39 is 0 Å². The van der Waals surface area contributed by atoms with Gasteiger partial charge in [-0.05, 0) is 49.3 Å². The first-order chi connectivity index (χ1) is 16.0. The number of aromatic nitrogens is 3. The van der Waals surface area contributed by atoms with Crippen molar-refractivity contribution in [2.75, 3.05) is 18.5 Å². The molecule has 4 atom stereocenters. The van der Waals surface area contributed by atoms with Crippen LogP contribution in [0.1, 0.15) is 30.4 Å². The second kappa shape index (κ2) is 7.15. The molecule has 2 aliphatic carbocycles. The van der Waals surface area contributed by atoms with E-state index in [0.29, 0.717) is 23.4 Å². The van der Waals surface area contributed by atoms with Crippen LogP contribution in [0.15, 0.2) is 48.0 Å². The van der Waals surface area contributed by atoms with E-state index in [1.165, 1.54) is 12.6 Å². The van der Waals surface area contributed by atoms with E-state index in [0.717, 1.165) is 53.0 Å². The van der Waals surface area contributed by atoms with Gasteiger partial charge in [-0.3, -0.25) is 4.99 Å². The lowest BCUT2D eigenvalue weighted by Crippen LogP contribution is -2.65. The summed E-state index contributed by atoms with van der Waals surface area (Å²) in [4.78, 5) is 11.4. The number of pyridine rings is 2. The van der Waals surface area contributed by atoms with Gasteiger partial charge in [0, 0.05) is 72.2 Å². The van der Waals surface area contributed by atoms with Gasteiger partial charge in [-0.2, -0.15) is 10.4 Å². The van der Waals surface area contributed by atoms with Crippen LogP contribution in [0, 0.1) is 23.2 Å². The van der Waals surface area contributed by atoms with Crippen LogP contribution in [0.25, 0.3) is 22.2 Å². The lowest BCUT2D eigenvalue weighted by molar-refractivity contribution is 0.118. The van der Waals surface area contributed by atoms with Crippen LogP contribution in [0.3, 0.4) is 0 Å². The van der Waals surface area contributed by atoms with Gasteiger partial charge < -0.3 is 16.4 Å². The maximum atomic E-state index is 9.64. The minimum atomic E-state index is 0.0573. The maximum absolute atomic E-state index is 9.64. The van der Waals surface area contributed by atoms with Crippen molar-refractivity contribution in [2.24, 2.45) is 28.3 Å². The molecule has 1 aliphatic heterocycles. The summed E-state index contributed by atoms with van der Waals surface area (Å²) < 4.78 is 1.72. The molecule has 0 aromatic carbocycles. The Morgan fingerprint density at radius 1 is 1.33 bits per heavy atom. The molecule has 3 aromatic heterocycles. The first kappa shape index (κ1) is 19.9. The highest BCUT2D eigenvalue weighted by atomic mass is 15.3. The third-order valence-corrected chi connectivity index (χ3v) is 7.77. The summed E-state index contributed by atoms with van der Waals surface area (Å²) in [5.74, 6) is 2.27. The highest BCUT2D eigenvalue weighted by molar-refractivity contribution is 6.10. The van der Waals surface area contributed by atoms with Gasteiger partial charge in [-0.15, -0.1) is 0 Å². The van der Waals surface area contributed by atoms with Crippen LogP contribution in [-0.4, -0.2) is 46.0 Å². The Morgan fingerprint density at radius 3 is 2.94 bits per heavy atom. The quantitative estimate of drug-likeness (QED) is 0.604. The second-order valence-electron chi connectivity index (χ2n) is 9.59. The highest BCUT2D eigenvalue weighted by Crippen LogP contribution is 2.57. The standard InChI is InChI=1S/C25H26N8/c1-29-10-18(8-26)17-5-20(24-19(9-27)12-31-33(24)14-17)16-2-3-23(30-11-16)32-13-15-4-21-22(32)7-25(21,28)6-15/h2-3,5,8,10-12,14-15,21-22H,4,6-7,13,26,28H2,1H3/t15-,21+,22?,25+/m0/s1. The number of rotatable bonds is 4. The number of nitriles is 1. The Bertz CT molecular complexity index is 1350. The van der Waals surface area contributed by atoms with Gasteiger partial charge >= 0.3 is 0 Å². The van der Waals surface area contributed by atoms with Crippen LogP contribution >= 0.6 is 0 Å². The lowest BCUT2D eigenvalue weighted by atomic mass is 9.65. The van der Waals surface area contributed by atoms with E-state index in [1.807, 2.05) is 18.5 Å². The monoisotopic (exact) mass is 438 g/mol. The molecule has 166 valence electrons. The molecule has 2 saturated carbocycles. The fraction of sp³-hybridized carbons (Fsp3) is 0.360. The van der Waals surface area contributed by atoms with Crippen molar-refractivity contribution in [3.63, 3.8) is 0 Å². The van der Waals surface area contributed by atoms with E-state index >= 15 is 0 Å². The van der Waals surface area contributed by atoms with E-state index in [-0.39, 0.29) is 5.54 Å². The van der Waals surface area contributed by atoms with Gasteiger partial charge in [0.1, 0.15) is 11.9 Å². The fourth-order valence-corrected chi connectivity index (χ4v) is 6.30. The van der Waals surface area contributed by atoms with Crippen LogP contribution in [0.5, 0.6) is 0 Å². The number of nitrogens with two attached hydrogens (primary N) is 2. The molecule has 1 unspecified atom stereocenters. The summed E-state index contributed by atoms with van der Waals surface area (Å²) in [6, 6.07) is 8.95. The number of anilines is 1. The summed E-state index contributed by atoms with van der Waals surface area (Å²) in [5, 5.41) is 14.0. The summed E-state index contributed by atoms with van der Waals surface area (Å²) in [6.07, 6.45) is 12.0. The first-order valence-corrected chi connectivity index (χ1v) is 11.3. The molecule has 8 heteroatoms. The normalized spacial score (nSPS) is 28.3. The molecule has 1 saturated heterocycles. The molecule has 8 nitrogen and oxygen atoms in total. The average Bonchev–Trinajstić information content (AvgIpc) is 3.26. The molecule has 2 bridgehead atoms. The minimum Gasteiger partial charge on any atom is -0.404 e. The maximum Gasteiger partial charge on any atom is 0.128 e. The van der Waals surface area contributed by atoms with Crippen molar-refractivity contribution < 1.29 is 0 Å². The van der Waals surface area contributed by atoms with Crippen molar-refractivity contribution in [3.05, 3.63) is 54.1 Å². The van der Waals surface area contributed by atoms with E-state index in [1.54, 1.807) is 24.0 Å². The van der Waals surface area contributed by atoms with Gasteiger partial charge in [-0.1, -0.05) is 0 Å². The van der Waals surface area contributed by atoms with Crippen molar-refractivity contribution in [3.8, 4) is 17.2 Å².